The molecule has 272 valence electrons. The minimum Gasteiger partial charge on any atom is -0.456 e. The van der Waals surface area contributed by atoms with E-state index in [1.807, 2.05) is 6.07 Å². The van der Waals surface area contributed by atoms with E-state index in [-0.39, 0.29) is 10.8 Å². The Hall–Kier alpha value is -6.84. The van der Waals surface area contributed by atoms with Gasteiger partial charge in [0.15, 0.2) is 0 Å². The van der Waals surface area contributed by atoms with Crippen LogP contribution in [0, 0.1) is 0 Å². The molecule has 0 atom stereocenters. The normalized spacial score (nSPS) is 14.6. The van der Waals surface area contributed by atoms with E-state index in [9.17, 15) is 0 Å². The van der Waals surface area contributed by atoms with Crippen molar-refractivity contribution in [3.8, 4) is 33.4 Å². The number of rotatable bonds is 4. The SMILES string of the molecule is CC1(C)c2ccccc2-c2ccc(N(c3ccc4c(c3)C(C)(C)c3ccccc3-4)c3cccc4oc5cc6c(cc5c34)oc3cc(-c4ccccc4)ccc36)cc21. The van der Waals surface area contributed by atoms with Gasteiger partial charge in [-0.05, 0) is 116 Å². The average Bonchev–Trinajstić information content (AvgIpc) is 3.92. The first-order valence-corrected chi connectivity index (χ1v) is 19.9. The second-order valence-corrected chi connectivity index (χ2v) is 16.9. The van der Waals surface area contributed by atoms with Crippen molar-refractivity contribution in [3.05, 3.63) is 186 Å². The van der Waals surface area contributed by atoms with Gasteiger partial charge in [0.2, 0.25) is 0 Å². The highest BCUT2D eigenvalue weighted by Crippen LogP contribution is 2.54. The van der Waals surface area contributed by atoms with Crippen LogP contribution in [0.4, 0.5) is 17.1 Å². The molecule has 0 aliphatic heterocycles. The largest absolute Gasteiger partial charge is 0.456 e. The molecule has 8 aromatic carbocycles. The van der Waals surface area contributed by atoms with Gasteiger partial charge in [0.1, 0.15) is 22.3 Å². The van der Waals surface area contributed by atoms with Crippen LogP contribution in [0.15, 0.2) is 173 Å². The van der Waals surface area contributed by atoms with E-state index in [1.165, 1.54) is 50.1 Å². The van der Waals surface area contributed by atoms with E-state index in [2.05, 4.69) is 190 Å². The molecule has 0 fully saturated rings. The second kappa shape index (κ2) is 11.4. The monoisotopic (exact) mass is 733 g/mol. The molecule has 12 rings (SSSR count). The van der Waals surface area contributed by atoms with Gasteiger partial charge < -0.3 is 13.7 Å². The third-order valence-electron chi connectivity index (χ3n) is 13.1. The Labute approximate surface area is 331 Å². The van der Waals surface area contributed by atoms with Gasteiger partial charge in [-0.25, -0.2) is 0 Å². The highest BCUT2D eigenvalue weighted by molar-refractivity contribution is 6.19. The predicted molar refractivity (Wildman–Crippen MR) is 236 cm³/mol. The fourth-order valence-electron chi connectivity index (χ4n) is 10.2. The Balaban J connectivity index is 1.09. The number of fused-ring (bicyclic) bond motifs is 12. The molecular formula is C54H39NO2. The third kappa shape index (κ3) is 4.48. The Morgan fingerprint density at radius 1 is 0.368 bits per heavy atom. The zero-order valence-electron chi connectivity index (χ0n) is 32.4. The van der Waals surface area contributed by atoms with Crippen LogP contribution in [-0.2, 0) is 10.8 Å². The number of nitrogens with zero attached hydrogens (tertiary/aromatic N) is 1. The molecule has 3 nitrogen and oxygen atoms in total. The first-order valence-electron chi connectivity index (χ1n) is 19.9. The van der Waals surface area contributed by atoms with Crippen molar-refractivity contribution in [3.63, 3.8) is 0 Å². The number of anilines is 3. The van der Waals surface area contributed by atoms with Crippen LogP contribution >= 0.6 is 0 Å². The van der Waals surface area contributed by atoms with Crippen molar-refractivity contribution >= 4 is 60.9 Å². The Bertz CT molecular complexity index is 3200. The topological polar surface area (TPSA) is 29.5 Å². The van der Waals surface area contributed by atoms with Crippen molar-refractivity contribution in [1.82, 2.24) is 0 Å². The average molecular weight is 734 g/mol. The van der Waals surface area contributed by atoms with E-state index in [0.29, 0.717) is 0 Å². The van der Waals surface area contributed by atoms with Crippen molar-refractivity contribution in [2.24, 2.45) is 0 Å². The van der Waals surface area contributed by atoms with E-state index in [4.69, 9.17) is 8.83 Å². The van der Waals surface area contributed by atoms with E-state index in [0.717, 1.165) is 66.5 Å². The van der Waals surface area contributed by atoms with Crippen LogP contribution in [0.1, 0.15) is 49.9 Å². The number of hydrogen-bond acceptors (Lipinski definition) is 3. The van der Waals surface area contributed by atoms with Crippen molar-refractivity contribution < 1.29 is 8.83 Å². The van der Waals surface area contributed by atoms with Crippen molar-refractivity contribution in [2.45, 2.75) is 38.5 Å². The van der Waals surface area contributed by atoms with Crippen LogP contribution in [0.3, 0.4) is 0 Å². The zero-order chi connectivity index (χ0) is 38.2. The standard InChI is InChI=1S/C54H39NO2/c1-53(2)43-17-10-8-15-36(43)38-25-22-34(28-45(38)53)55(35-23-26-39-37-16-9-11-18-44(37)54(3,4)46(39)29-35)47-19-12-20-48-52(47)42-31-50-41(30-51(42)56-48)40-24-21-33(27-49(40)57-50)32-13-6-5-7-14-32/h5-31H,1-4H3. The summed E-state index contributed by atoms with van der Waals surface area (Å²) in [6.07, 6.45) is 0. The summed E-state index contributed by atoms with van der Waals surface area (Å²) in [7, 11) is 0. The molecule has 0 radical (unpaired) electrons. The van der Waals surface area contributed by atoms with Crippen LogP contribution in [0.5, 0.6) is 0 Å². The van der Waals surface area contributed by atoms with Gasteiger partial charge in [0.25, 0.3) is 0 Å². The van der Waals surface area contributed by atoms with Crippen molar-refractivity contribution in [1.29, 1.82) is 0 Å². The van der Waals surface area contributed by atoms with Crippen molar-refractivity contribution in [2.75, 3.05) is 4.90 Å². The van der Waals surface area contributed by atoms with Gasteiger partial charge >= 0.3 is 0 Å². The summed E-state index contributed by atoms with van der Waals surface area (Å²) in [5, 5.41) is 4.22. The lowest BCUT2D eigenvalue weighted by atomic mass is 9.82. The first kappa shape index (κ1) is 32.4. The summed E-state index contributed by atoms with van der Waals surface area (Å²) in [6.45, 7) is 9.42. The summed E-state index contributed by atoms with van der Waals surface area (Å²) in [5.41, 5.74) is 19.4. The Morgan fingerprint density at radius 2 is 0.912 bits per heavy atom. The van der Waals surface area contributed by atoms with Crippen LogP contribution in [0.25, 0.3) is 77.3 Å². The molecule has 57 heavy (non-hydrogen) atoms. The molecule has 2 aliphatic rings. The number of furan rings is 2. The minimum absolute atomic E-state index is 0.142. The van der Waals surface area contributed by atoms with Gasteiger partial charge in [-0.15, -0.1) is 0 Å². The Morgan fingerprint density at radius 3 is 1.58 bits per heavy atom. The minimum atomic E-state index is -0.142. The fraction of sp³-hybridized carbons (Fsp3) is 0.111. The quantitative estimate of drug-likeness (QED) is 0.180. The zero-order valence-corrected chi connectivity index (χ0v) is 32.4. The molecule has 2 aromatic heterocycles. The summed E-state index contributed by atoms with van der Waals surface area (Å²) < 4.78 is 13.4. The third-order valence-corrected chi connectivity index (χ3v) is 13.1. The Kier molecular flexibility index (Phi) is 6.46. The van der Waals surface area contributed by atoms with Gasteiger partial charge in [0.05, 0.1) is 11.1 Å². The van der Waals surface area contributed by atoms with Crippen LogP contribution < -0.4 is 4.90 Å². The second-order valence-electron chi connectivity index (χ2n) is 16.9. The lowest BCUT2D eigenvalue weighted by Gasteiger charge is -2.30. The first-order chi connectivity index (χ1) is 27.8. The highest BCUT2D eigenvalue weighted by Gasteiger charge is 2.38. The summed E-state index contributed by atoms with van der Waals surface area (Å²) >= 11 is 0. The molecule has 0 saturated carbocycles. The summed E-state index contributed by atoms with van der Waals surface area (Å²) in [4.78, 5) is 2.45. The predicted octanol–water partition coefficient (Wildman–Crippen LogP) is 15.2. The van der Waals surface area contributed by atoms with E-state index < -0.39 is 0 Å². The number of hydrogen-bond donors (Lipinski definition) is 0. The van der Waals surface area contributed by atoms with E-state index in [1.54, 1.807) is 0 Å². The lowest BCUT2D eigenvalue weighted by molar-refractivity contribution is 0.660. The highest BCUT2D eigenvalue weighted by atomic mass is 16.3. The molecule has 2 heterocycles. The molecule has 2 aliphatic carbocycles. The van der Waals surface area contributed by atoms with E-state index >= 15 is 0 Å². The molecule has 0 saturated heterocycles. The molecule has 3 heteroatoms. The molecule has 0 spiro atoms. The maximum Gasteiger partial charge on any atom is 0.137 e. The maximum atomic E-state index is 6.76. The van der Waals surface area contributed by atoms with Crippen LogP contribution in [0.2, 0.25) is 0 Å². The lowest BCUT2D eigenvalue weighted by Crippen LogP contribution is -2.18. The molecule has 0 N–H and O–H groups in total. The number of benzene rings is 8. The smallest absolute Gasteiger partial charge is 0.137 e. The van der Waals surface area contributed by atoms with Crippen LogP contribution in [-0.4, -0.2) is 0 Å². The van der Waals surface area contributed by atoms with Gasteiger partial charge in [-0.3, -0.25) is 0 Å². The maximum absolute atomic E-state index is 6.76. The fourth-order valence-corrected chi connectivity index (χ4v) is 10.2. The van der Waals surface area contributed by atoms with Gasteiger partial charge in [-0.2, -0.15) is 0 Å². The molecule has 10 aromatic rings. The molecule has 0 amide bonds. The molecule has 0 unspecified atom stereocenters. The van der Waals surface area contributed by atoms with Gasteiger partial charge in [-0.1, -0.05) is 131 Å². The molecule has 0 bridgehead atoms. The summed E-state index contributed by atoms with van der Waals surface area (Å²) in [6, 6.07) is 59.6. The van der Waals surface area contributed by atoms with Gasteiger partial charge in [0, 0.05) is 38.4 Å². The molecular weight excluding hydrogens is 695 g/mol. The summed E-state index contributed by atoms with van der Waals surface area (Å²) in [5.74, 6) is 0.